The Bertz CT molecular complexity index is 1170. The van der Waals surface area contributed by atoms with Crippen molar-refractivity contribution in [2.75, 3.05) is 16.0 Å². The Hall–Kier alpha value is -3.20. The highest BCUT2D eigenvalue weighted by atomic mass is 79.9. The van der Waals surface area contributed by atoms with Crippen LogP contribution in [-0.4, -0.2) is 20.4 Å². The van der Waals surface area contributed by atoms with Gasteiger partial charge in [0, 0.05) is 36.2 Å². The van der Waals surface area contributed by atoms with Crippen molar-refractivity contribution in [2.45, 2.75) is 32.7 Å². The fourth-order valence-electron chi connectivity index (χ4n) is 3.24. The van der Waals surface area contributed by atoms with Crippen LogP contribution in [0.4, 0.5) is 28.8 Å². The van der Waals surface area contributed by atoms with Crippen molar-refractivity contribution in [3.63, 3.8) is 0 Å². The molecule has 3 aromatic rings. The number of hydrogen-bond donors (Lipinski definition) is 3. The van der Waals surface area contributed by atoms with Gasteiger partial charge in [0.15, 0.2) is 5.82 Å². The number of rotatable bonds is 5. The van der Waals surface area contributed by atoms with Gasteiger partial charge in [0.25, 0.3) is 5.56 Å². The summed E-state index contributed by atoms with van der Waals surface area (Å²) < 4.78 is 2.29. The van der Waals surface area contributed by atoms with Crippen LogP contribution in [0.5, 0.6) is 0 Å². The molecule has 9 heteroatoms. The number of carbonyl (C=O) groups is 1. The Balaban J connectivity index is 1.58. The molecule has 0 saturated heterocycles. The summed E-state index contributed by atoms with van der Waals surface area (Å²) in [5, 5.41) is 9.15. The van der Waals surface area contributed by atoms with E-state index in [4.69, 9.17) is 0 Å². The van der Waals surface area contributed by atoms with Crippen LogP contribution >= 0.6 is 15.9 Å². The van der Waals surface area contributed by atoms with Gasteiger partial charge in [-0.1, -0.05) is 0 Å². The van der Waals surface area contributed by atoms with E-state index in [0.717, 1.165) is 16.9 Å². The second kappa shape index (κ2) is 8.27. The van der Waals surface area contributed by atoms with Gasteiger partial charge in [0.05, 0.1) is 4.47 Å². The number of benzene rings is 1. The molecule has 30 heavy (non-hydrogen) atoms. The molecule has 0 radical (unpaired) electrons. The zero-order chi connectivity index (χ0) is 21.3. The number of halogens is 1. The van der Waals surface area contributed by atoms with Crippen LogP contribution < -0.4 is 21.5 Å². The Kier molecular flexibility index (Phi) is 5.54. The van der Waals surface area contributed by atoms with Crippen LogP contribution in [-0.2, 0) is 11.2 Å². The number of fused-ring (bicyclic) bond motifs is 1. The molecule has 0 fully saturated rings. The molecule has 3 N–H and O–H groups in total. The molecule has 0 saturated carbocycles. The molecule has 0 atom stereocenters. The average Bonchev–Trinajstić information content (AvgIpc) is 2.72. The van der Waals surface area contributed by atoms with Crippen molar-refractivity contribution in [3.8, 4) is 0 Å². The van der Waals surface area contributed by atoms with Crippen LogP contribution in [0.15, 0.2) is 52.0 Å². The van der Waals surface area contributed by atoms with Gasteiger partial charge in [-0.25, -0.2) is 4.98 Å². The smallest absolute Gasteiger partial charge is 0.274 e. The number of carbonyl (C=O) groups excluding carboxylic acids is 1. The highest BCUT2D eigenvalue weighted by molar-refractivity contribution is 9.10. The van der Waals surface area contributed by atoms with Crippen molar-refractivity contribution in [1.29, 1.82) is 0 Å². The SMILES string of the molecule is CC(C)n1cccc(Nc2nc(Nc3ccc4c(c3)CCC(=O)N4)ncc2Br)c1=O. The van der Waals surface area contributed by atoms with Gasteiger partial charge in [-0.05, 0) is 72.1 Å². The number of aryl methyl sites for hydroxylation is 1. The minimum Gasteiger partial charge on any atom is -0.335 e. The minimum atomic E-state index is -0.121. The van der Waals surface area contributed by atoms with E-state index in [1.165, 1.54) is 0 Å². The van der Waals surface area contributed by atoms with Crippen LogP contribution in [0.25, 0.3) is 0 Å². The second-order valence-corrected chi connectivity index (χ2v) is 8.14. The molecule has 154 valence electrons. The predicted molar refractivity (Wildman–Crippen MR) is 121 cm³/mol. The topological polar surface area (TPSA) is 101 Å². The number of aromatic nitrogens is 3. The maximum Gasteiger partial charge on any atom is 0.274 e. The highest BCUT2D eigenvalue weighted by Gasteiger charge is 2.15. The fourth-order valence-corrected chi connectivity index (χ4v) is 3.53. The largest absolute Gasteiger partial charge is 0.335 e. The molecule has 0 unspecified atom stereocenters. The van der Waals surface area contributed by atoms with Gasteiger partial charge in [0.2, 0.25) is 11.9 Å². The minimum absolute atomic E-state index is 0.0348. The first-order valence-electron chi connectivity index (χ1n) is 9.61. The van der Waals surface area contributed by atoms with Crippen molar-refractivity contribution in [3.05, 3.63) is 63.1 Å². The van der Waals surface area contributed by atoms with Gasteiger partial charge >= 0.3 is 0 Å². The van der Waals surface area contributed by atoms with Gasteiger partial charge in [-0.15, -0.1) is 0 Å². The molecule has 8 nitrogen and oxygen atoms in total. The number of hydrogen-bond acceptors (Lipinski definition) is 6. The van der Waals surface area contributed by atoms with Crippen molar-refractivity contribution in [1.82, 2.24) is 14.5 Å². The Morgan fingerprint density at radius 2 is 2.00 bits per heavy atom. The number of nitrogens with one attached hydrogen (secondary N) is 3. The summed E-state index contributed by atoms with van der Waals surface area (Å²) in [5.41, 5.74) is 3.03. The molecule has 1 aliphatic rings. The Morgan fingerprint density at radius 1 is 1.17 bits per heavy atom. The molecular formula is C21H21BrN6O2. The van der Waals surface area contributed by atoms with Gasteiger partial charge in [-0.3, -0.25) is 9.59 Å². The highest BCUT2D eigenvalue weighted by Crippen LogP contribution is 2.28. The van der Waals surface area contributed by atoms with E-state index in [-0.39, 0.29) is 17.5 Å². The first-order chi connectivity index (χ1) is 14.4. The van der Waals surface area contributed by atoms with E-state index in [1.54, 1.807) is 23.0 Å². The number of amides is 1. The summed E-state index contributed by atoms with van der Waals surface area (Å²) in [5.74, 6) is 0.907. The van der Waals surface area contributed by atoms with Gasteiger partial charge in [0.1, 0.15) is 5.69 Å². The van der Waals surface area contributed by atoms with E-state index in [9.17, 15) is 9.59 Å². The second-order valence-electron chi connectivity index (χ2n) is 7.29. The summed E-state index contributed by atoms with van der Waals surface area (Å²) in [6.45, 7) is 3.91. The van der Waals surface area contributed by atoms with E-state index in [1.807, 2.05) is 38.1 Å². The monoisotopic (exact) mass is 468 g/mol. The van der Waals surface area contributed by atoms with Gasteiger partial charge < -0.3 is 20.5 Å². The Morgan fingerprint density at radius 3 is 2.80 bits per heavy atom. The van der Waals surface area contributed by atoms with E-state index >= 15 is 0 Å². The number of nitrogens with zero attached hydrogens (tertiary/aromatic N) is 3. The summed E-state index contributed by atoms with van der Waals surface area (Å²) in [4.78, 5) is 33.0. The molecule has 0 spiro atoms. The summed E-state index contributed by atoms with van der Waals surface area (Å²) in [7, 11) is 0. The maximum atomic E-state index is 12.7. The van der Waals surface area contributed by atoms with Crippen LogP contribution in [0.3, 0.4) is 0 Å². The quantitative estimate of drug-likeness (QED) is 0.514. The molecule has 0 aliphatic carbocycles. The lowest BCUT2D eigenvalue weighted by atomic mass is 10.0. The molecule has 2 aromatic heterocycles. The van der Waals surface area contributed by atoms with Gasteiger partial charge in [-0.2, -0.15) is 4.98 Å². The molecular weight excluding hydrogens is 448 g/mol. The number of anilines is 5. The molecule has 0 bridgehead atoms. The zero-order valence-corrected chi connectivity index (χ0v) is 18.2. The maximum absolute atomic E-state index is 12.7. The predicted octanol–water partition coefficient (Wildman–Crippen LogP) is 4.35. The van der Waals surface area contributed by atoms with Crippen molar-refractivity contribution in [2.24, 2.45) is 0 Å². The third-order valence-electron chi connectivity index (χ3n) is 4.78. The molecule has 4 rings (SSSR count). The zero-order valence-electron chi connectivity index (χ0n) is 16.6. The lowest BCUT2D eigenvalue weighted by Gasteiger charge is -2.18. The fraction of sp³-hybridized carbons (Fsp3) is 0.238. The average molecular weight is 469 g/mol. The lowest BCUT2D eigenvalue weighted by Crippen LogP contribution is -2.23. The van der Waals surface area contributed by atoms with Crippen LogP contribution in [0.1, 0.15) is 31.9 Å². The first kappa shape index (κ1) is 20.1. The molecule has 1 amide bonds. The first-order valence-corrected chi connectivity index (χ1v) is 10.4. The normalized spacial score (nSPS) is 13.0. The summed E-state index contributed by atoms with van der Waals surface area (Å²) >= 11 is 3.44. The van der Waals surface area contributed by atoms with E-state index in [0.29, 0.717) is 34.8 Å². The lowest BCUT2D eigenvalue weighted by molar-refractivity contribution is -0.116. The summed E-state index contributed by atoms with van der Waals surface area (Å²) in [6.07, 6.45) is 4.56. The molecule has 3 heterocycles. The molecule has 1 aromatic carbocycles. The Labute approximate surface area is 181 Å². The molecule has 1 aliphatic heterocycles. The summed E-state index contributed by atoms with van der Waals surface area (Å²) in [6, 6.07) is 9.31. The van der Waals surface area contributed by atoms with Crippen molar-refractivity contribution < 1.29 is 4.79 Å². The van der Waals surface area contributed by atoms with E-state index < -0.39 is 0 Å². The third-order valence-corrected chi connectivity index (χ3v) is 5.37. The third kappa shape index (κ3) is 4.20. The van der Waals surface area contributed by atoms with Crippen LogP contribution in [0.2, 0.25) is 0 Å². The van der Waals surface area contributed by atoms with Crippen molar-refractivity contribution >= 4 is 50.7 Å². The van der Waals surface area contributed by atoms with E-state index in [2.05, 4.69) is 41.8 Å². The van der Waals surface area contributed by atoms with Crippen LogP contribution in [0, 0.1) is 0 Å². The standard InChI is InChI=1S/C21H21BrN6O2/c1-12(2)28-9-3-4-17(20(28)30)26-19-15(22)11-23-21(27-19)24-14-6-7-16-13(10-14)5-8-18(29)25-16/h3-4,6-7,9-12H,5,8H2,1-2H3,(H,25,29)(H2,23,24,26,27). The number of pyridine rings is 1.